The number of para-hydroxylation sites is 1. The zero-order chi connectivity index (χ0) is 19.2. The van der Waals surface area contributed by atoms with Crippen molar-refractivity contribution in [3.63, 3.8) is 0 Å². The summed E-state index contributed by atoms with van der Waals surface area (Å²) in [5.74, 6) is -1.44. The summed E-state index contributed by atoms with van der Waals surface area (Å²) >= 11 is 0. The van der Waals surface area contributed by atoms with Crippen molar-refractivity contribution in [2.45, 2.75) is 13.5 Å². The van der Waals surface area contributed by atoms with Crippen LogP contribution < -0.4 is 10.6 Å². The Bertz CT molecular complexity index is 988. The molecule has 5 nitrogen and oxygen atoms in total. The molecule has 3 aromatic rings. The molecule has 0 aliphatic heterocycles. The standard InChI is InChI=1S/C21H18FN3O2/c1-14-5-4-6-15(11-14)13-24-21(27)19-12-16(9-10-23-19)20(26)25-18-8-3-2-7-17(18)22/h2-12H,13H2,1H3,(H,24,27)(H,25,26). The van der Waals surface area contributed by atoms with E-state index in [1.807, 2.05) is 31.2 Å². The van der Waals surface area contributed by atoms with Crippen LogP contribution in [0.1, 0.15) is 32.0 Å². The minimum atomic E-state index is -0.531. The molecule has 136 valence electrons. The Kier molecular flexibility index (Phi) is 5.56. The third kappa shape index (κ3) is 4.76. The van der Waals surface area contributed by atoms with Gasteiger partial charge < -0.3 is 10.6 Å². The Labute approximate surface area is 156 Å². The Morgan fingerprint density at radius 1 is 1.00 bits per heavy atom. The molecule has 2 amide bonds. The predicted octanol–water partition coefficient (Wildman–Crippen LogP) is 3.71. The Morgan fingerprint density at radius 2 is 1.81 bits per heavy atom. The van der Waals surface area contributed by atoms with Gasteiger partial charge in [0.05, 0.1) is 5.69 Å². The number of pyridine rings is 1. The number of halogens is 1. The number of aryl methyl sites for hydroxylation is 1. The van der Waals surface area contributed by atoms with Crippen LogP contribution in [0.3, 0.4) is 0 Å². The highest BCUT2D eigenvalue weighted by atomic mass is 19.1. The highest BCUT2D eigenvalue weighted by molar-refractivity contribution is 6.05. The fourth-order valence-electron chi connectivity index (χ4n) is 2.55. The fraction of sp³-hybridized carbons (Fsp3) is 0.0952. The van der Waals surface area contributed by atoms with Crippen molar-refractivity contribution in [1.29, 1.82) is 0 Å². The van der Waals surface area contributed by atoms with Gasteiger partial charge in [-0.3, -0.25) is 14.6 Å². The SMILES string of the molecule is Cc1cccc(CNC(=O)c2cc(C(=O)Nc3ccccc3F)ccn2)c1. The molecule has 0 fully saturated rings. The van der Waals surface area contributed by atoms with E-state index in [1.165, 1.54) is 36.5 Å². The number of carbonyl (C=O) groups excluding carboxylic acids is 2. The molecule has 0 saturated carbocycles. The maximum absolute atomic E-state index is 13.7. The number of aromatic nitrogens is 1. The van der Waals surface area contributed by atoms with E-state index in [0.717, 1.165) is 11.1 Å². The summed E-state index contributed by atoms with van der Waals surface area (Å²) in [7, 11) is 0. The zero-order valence-electron chi connectivity index (χ0n) is 14.7. The van der Waals surface area contributed by atoms with Gasteiger partial charge in [0.1, 0.15) is 11.5 Å². The molecule has 0 aliphatic rings. The number of rotatable bonds is 5. The van der Waals surface area contributed by atoms with Gasteiger partial charge in [-0.1, -0.05) is 42.0 Å². The van der Waals surface area contributed by atoms with Crippen LogP contribution in [0.25, 0.3) is 0 Å². The quantitative estimate of drug-likeness (QED) is 0.726. The summed E-state index contributed by atoms with van der Waals surface area (Å²) in [4.78, 5) is 28.7. The van der Waals surface area contributed by atoms with E-state index in [1.54, 1.807) is 6.07 Å². The molecule has 0 spiro atoms. The molecule has 6 heteroatoms. The van der Waals surface area contributed by atoms with Crippen LogP contribution in [0, 0.1) is 12.7 Å². The number of hydrogen-bond acceptors (Lipinski definition) is 3. The maximum Gasteiger partial charge on any atom is 0.270 e. The van der Waals surface area contributed by atoms with E-state index in [2.05, 4.69) is 15.6 Å². The number of carbonyl (C=O) groups is 2. The van der Waals surface area contributed by atoms with Crippen LogP contribution >= 0.6 is 0 Å². The average molecular weight is 363 g/mol. The van der Waals surface area contributed by atoms with Gasteiger partial charge in [-0.15, -0.1) is 0 Å². The van der Waals surface area contributed by atoms with Crippen LogP contribution in [0.2, 0.25) is 0 Å². The molecule has 0 unspecified atom stereocenters. The molecule has 0 bridgehead atoms. The van der Waals surface area contributed by atoms with Crippen molar-refractivity contribution in [3.8, 4) is 0 Å². The number of nitrogens with zero attached hydrogens (tertiary/aromatic N) is 1. The molecule has 3 rings (SSSR count). The number of benzene rings is 2. The van der Waals surface area contributed by atoms with Gasteiger partial charge in [0.2, 0.25) is 0 Å². The Morgan fingerprint density at radius 3 is 2.59 bits per heavy atom. The topological polar surface area (TPSA) is 71.1 Å². The minimum absolute atomic E-state index is 0.0739. The fourth-order valence-corrected chi connectivity index (χ4v) is 2.55. The van der Waals surface area contributed by atoms with Gasteiger partial charge in [0.25, 0.3) is 11.8 Å². The second-order valence-corrected chi connectivity index (χ2v) is 6.04. The van der Waals surface area contributed by atoms with E-state index in [0.29, 0.717) is 6.54 Å². The summed E-state index contributed by atoms with van der Waals surface area (Å²) in [6, 6.07) is 16.5. The largest absolute Gasteiger partial charge is 0.347 e. The summed E-state index contributed by atoms with van der Waals surface area (Å²) in [5, 5.41) is 5.26. The Hall–Kier alpha value is -3.54. The van der Waals surface area contributed by atoms with Crippen LogP contribution in [-0.2, 0) is 6.54 Å². The first kappa shape index (κ1) is 18.3. The lowest BCUT2D eigenvalue weighted by molar-refractivity contribution is 0.0946. The van der Waals surface area contributed by atoms with Crippen molar-refractivity contribution < 1.29 is 14.0 Å². The first-order chi connectivity index (χ1) is 13.0. The van der Waals surface area contributed by atoms with Gasteiger partial charge in [-0.05, 0) is 36.8 Å². The molecule has 0 radical (unpaired) electrons. The third-order valence-electron chi connectivity index (χ3n) is 3.91. The molecule has 1 aromatic heterocycles. The van der Waals surface area contributed by atoms with Crippen LogP contribution in [0.15, 0.2) is 66.9 Å². The van der Waals surface area contributed by atoms with E-state index >= 15 is 0 Å². The lowest BCUT2D eigenvalue weighted by atomic mass is 10.1. The molecular formula is C21H18FN3O2. The molecule has 2 aromatic carbocycles. The van der Waals surface area contributed by atoms with Gasteiger partial charge >= 0.3 is 0 Å². The van der Waals surface area contributed by atoms with Crippen LogP contribution in [-0.4, -0.2) is 16.8 Å². The zero-order valence-corrected chi connectivity index (χ0v) is 14.7. The van der Waals surface area contributed by atoms with Crippen LogP contribution in [0.5, 0.6) is 0 Å². The summed E-state index contributed by atoms with van der Waals surface area (Å²) in [6.07, 6.45) is 1.37. The lowest BCUT2D eigenvalue weighted by Crippen LogP contribution is -2.24. The van der Waals surface area contributed by atoms with Crippen molar-refractivity contribution in [2.75, 3.05) is 5.32 Å². The first-order valence-electron chi connectivity index (χ1n) is 8.38. The van der Waals surface area contributed by atoms with Crippen LogP contribution in [0.4, 0.5) is 10.1 Å². The molecule has 0 aliphatic carbocycles. The number of amides is 2. The number of anilines is 1. The van der Waals surface area contributed by atoms with Gasteiger partial charge in [-0.2, -0.15) is 0 Å². The summed E-state index contributed by atoms with van der Waals surface area (Å²) in [6.45, 7) is 2.33. The second-order valence-electron chi connectivity index (χ2n) is 6.04. The molecule has 0 atom stereocenters. The monoisotopic (exact) mass is 363 g/mol. The van der Waals surface area contributed by atoms with Gasteiger partial charge in [0, 0.05) is 18.3 Å². The van der Waals surface area contributed by atoms with Crippen molar-refractivity contribution >= 4 is 17.5 Å². The average Bonchev–Trinajstić information content (AvgIpc) is 2.68. The van der Waals surface area contributed by atoms with Gasteiger partial charge in [-0.25, -0.2) is 4.39 Å². The van der Waals surface area contributed by atoms with E-state index in [9.17, 15) is 14.0 Å². The second kappa shape index (κ2) is 8.23. The molecule has 27 heavy (non-hydrogen) atoms. The van der Waals surface area contributed by atoms with Crippen molar-refractivity contribution in [1.82, 2.24) is 10.3 Å². The number of nitrogens with one attached hydrogen (secondary N) is 2. The van der Waals surface area contributed by atoms with E-state index in [4.69, 9.17) is 0 Å². The number of hydrogen-bond donors (Lipinski definition) is 2. The normalized spacial score (nSPS) is 10.3. The summed E-state index contributed by atoms with van der Waals surface area (Å²) < 4.78 is 13.7. The summed E-state index contributed by atoms with van der Waals surface area (Å²) in [5.41, 5.74) is 2.48. The van der Waals surface area contributed by atoms with Gasteiger partial charge in [0.15, 0.2) is 0 Å². The van der Waals surface area contributed by atoms with Crippen molar-refractivity contribution in [2.24, 2.45) is 0 Å². The third-order valence-corrected chi connectivity index (χ3v) is 3.91. The van der Waals surface area contributed by atoms with Crippen molar-refractivity contribution in [3.05, 3.63) is 95.1 Å². The highest BCUT2D eigenvalue weighted by Crippen LogP contribution is 2.14. The molecule has 2 N–H and O–H groups in total. The highest BCUT2D eigenvalue weighted by Gasteiger charge is 2.13. The Balaban J connectivity index is 1.68. The maximum atomic E-state index is 13.7. The predicted molar refractivity (Wildman–Crippen MR) is 101 cm³/mol. The first-order valence-corrected chi connectivity index (χ1v) is 8.38. The molecule has 1 heterocycles. The molecule has 0 saturated heterocycles. The van der Waals surface area contributed by atoms with E-state index in [-0.39, 0.29) is 16.9 Å². The molecular weight excluding hydrogens is 345 g/mol. The van der Waals surface area contributed by atoms with E-state index < -0.39 is 17.6 Å². The minimum Gasteiger partial charge on any atom is -0.347 e. The lowest BCUT2D eigenvalue weighted by Gasteiger charge is -2.08. The smallest absolute Gasteiger partial charge is 0.270 e.